The van der Waals surface area contributed by atoms with E-state index >= 15 is 0 Å². The lowest BCUT2D eigenvalue weighted by Gasteiger charge is -2.60. The first-order valence-corrected chi connectivity index (χ1v) is 16.1. The Balaban J connectivity index is 1.40. The lowest BCUT2D eigenvalue weighted by molar-refractivity contribution is -0.213. The van der Waals surface area contributed by atoms with Crippen molar-refractivity contribution in [1.82, 2.24) is 0 Å². The van der Waals surface area contributed by atoms with Gasteiger partial charge in [-0.1, -0.05) is 65.5 Å². The number of hydrogen-bond acceptors (Lipinski definition) is 7. The van der Waals surface area contributed by atoms with E-state index in [0.717, 1.165) is 25.7 Å². The average molecular weight is 586 g/mol. The van der Waals surface area contributed by atoms with Crippen LogP contribution in [0.15, 0.2) is 23.3 Å². The predicted molar refractivity (Wildman–Crippen MR) is 157 cm³/mol. The zero-order valence-electron chi connectivity index (χ0n) is 29.0. The first kappa shape index (κ1) is 26.6. The zero-order valence-corrected chi connectivity index (χ0v) is 26.0. The van der Waals surface area contributed by atoms with E-state index in [9.17, 15) is 19.5 Å². The van der Waals surface area contributed by atoms with Crippen molar-refractivity contribution < 1.29 is 37.8 Å². The van der Waals surface area contributed by atoms with Gasteiger partial charge in [-0.05, 0) is 74.8 Å². The van der Waals surface area contributed by atoms with Crippen molar-refractivity contribution >= 4 is 17.5 Å². The molecule has 5 fully saturated rings. The monoisotopic (exact) mass is 585 g/mol. The van der Waals surface area contributed by atoms with Gasteiger partial charge in [-0.25, -0.2) is 0 Å². The van der Waals surface area contributed by atoms with Crippen LogP contribution in [0.4, 0.5) is 0 Å². The summed E-state index contributed by atoms with van der Waals surface area (Å²) in [5.41, 5.74) is -2.33. The Bertz CT molecular complexity index is 1340. The fourth-order valence-electron chi connectivity index (χ4n) is 9.95. The topological polar surface area (TPSA) is 99.1 Å². The number of esters is 1. The summed E-state index contributed by atoms with van der Waals surface area (Å²) in [6.45, 7) is 10.5. The normalized spacial score (nSPS) is 49.9. The molecule has 0 aromatic rings. The van der Waals surface area contributed by atoms with Gasteiger partial charge in [0.05, 0.1) is 18.1 Å². The van der Waals surface area contributed by atoms with Crippen molar-refractivity contribution in [2.24, 2.45) is 46.3 Å². The van der Waals surface area contributed by atoms with E-state index in [-0.39, 0.29) is 48.7 Å². The third kappa shape index (κ3) is 4.27. The fourth-order valence-corrected chi connectivity index (χ4v) is 9.95. The molecule has 1 heterocycles. The lowest BCUT2D eigenvalue weighted by atomic mass is 9.46. The number of fused-ring (bicyclic) bond motifs is 7. The second-order valence-corrected chi connectivity index (χ2v) is 14.5. The fraction of sp³-hybridized carbons (Fsp3) is 0.800. The summed E-state index contributed by atoms with van der Waals surface area (Å²) in [6, 6.07) is 0. The summed E-state index contributed by atoms with van der Waals surface area (Å²) in [7, 11) is 0. The third-order valence-electron chi connectivity index (χ3n) is 12.4. The van der Waals surface area contributed by atoms with Crippen LogP contribution in [0, 0.1) is 46.3 Å². The van der Waals surface area contributed by atoms with E-state index in [1.807, 2.05) is 19.9 Å². The van der Waals surface area contributed by atoms with Gasteiger partial charge in [0.1, 0.15) is 0 Å². The van der Waals surface area contributed by atoms with Crippen LogP contribution in [0.2, 0.25) is 0 Å². The van der Waals surface area contributed by atoms with Gasteiger partial charge in [0.15, 0.2) is 24.3 Å². The minimum absolute atomic E-state index is 0.110. The molecule has 1 aliphatic heterocycles. The Morgan fingerprint density at radius 2 is 1.98 bits per heavy atom. The van der Waals surface area contributed by atoms with Gasteiger partial charge in [-0.2, -0.15) is 0 Å². The second-order valence-electron chi connectivity index (χ2n) is 14.5. The van der Waals surface area contributed by atoms with E-state index in [2.05, 4.69) is 6.92 Å². The summed E-state index contributed by atoms with van der Waals surface area (Å²) in [5, 5.41) is 12.1. The van der Waals surface area contributed by atoms with Crippen molar-refractivity contribution in [3.05, 3.63) is 23.3 Å². The molecule has 7 heteroatoms. The zero-order chi connectivity index (χ0) is 32.9. The molecule has 232 valence electrons. The highest BCUT2D eigenvalue weighted by Gasteiger charge is 2.76. The number of ketones is 2. The first-order valence-electron chi connectivity index (χ1n) is 17.6. The van der Waals surface area contributed by atoms with Gasteiger partial charge >= 0.3 is 5.97 Å². The molecule has 0 aromatic carbocycles. The Morgan fingerprint density at radius 1 is 1.24 bits per heavy atom. The Morgan fingerprint density at radius 3 is 2.69 bits per heavy atom. The number of ether oxygens (including phenoxy) is 3. The molecule has 1 saturated heterocycles. The summed E-state index contributed by atoms with van der Waals surface area (Å²) in [6.07, 6.45) is 4.56. The molecular weight excluding hydrogens is 532 g/mol. The highest BCUT2D eigenvalue weighted by atomic mass is 16.7. The summed E-state index contributed by atoms with van der Waals surface area (Å²) < 4.78 is 45.7. The van der Waals surface area contributed by atoms with Crippen molar-refractivity contribution in [1.29, 1.82) is 0 Å². The smallest absolute Gasteiger partial charge is 0.309 e. The van der Waals surface area contributed by atoms with Crippen LogP contribution in [0.3, 0.4) is 0 Å². The average Bonchev–Trinajstić information content (AvgIpc) is 3.46. The molecule has 0 bridgehead atoms. The molecule has 0 amide bonds. The lowest BCUT2D eigenvalue weighted by Crippen LogP contribution is -2.64. The maximum absolute atomic E-state index is 14.5. The molecule has 0 aromatic heterocycles. The predicted octanol–water partition coefficient (Wildman–Crippen LogP) is 5.73. The van der Waals surface area contributed by atoms with Gasteiger partial charge in [0.2, 0.25) is 5.78 Å². The van der Waals surface area contributed by atoms with E-state index in [0.29, 0.717) is 23.5 Å². The molecule has 12 atom stereocenters. The molecule has 6 aliphatic rings. The third-order valence-corrected chi connectivity index (χ3v) is 12.4. The van der Waals surface area contributed by atoms with Gasteiger partial charge in [-0.3, -0.25) is 14.4 Å². The highest BCUT2D eigenvalue weighted by molar-refractivity contribution is 6.05. The number of hydrogen-bond donors (Lipinski definition) is 1. The largest absolute Gasteiger partial charge is 0.457 e. The van der Waals surface area contributed by atoms with Crippen molar-refractivity contribution in [3.63, 3.8) is 0 Å². The van der Waals surface area contributed by atoms with Gasteiger partial charge in [-0.15, -0.1) is 0 Å². The van der Waals surface area contributed by atoms with Crippen molar-refractivity contribution in [2.45, 2.75) is 123 Å². The molecular formula is C35H50O7. The van der Waals surface area contributed by atoms with E-state index in [4.69, 9.17) is 18.3 Å². The quantitative estimate of drug-likeness (QED) is 0.398. The van der Waals surface area contributed by atoms with Gasteiger partial charge in [0, 0.05) is 26.8 Å². The Labute approximate surface area is 255 Å². The molecule has 1 N–H and O–H groups in total. The number of aliphatic hydroxyl groups is 1. The van der Waals surface area contributed by atoms with E-state index in [1.165, 1.54) is 13.0 Å². The van der Waals surface area contributed by atoms with E-state index < -0.39 is 65.6 Å². The number of carbonyl (C=O) groups is 3. The molecule has 42 heavy (non-hydrogen) atoms. The van der Waals surface area contributed by atoms with Crippen LogP contribution >= 0.6 is 0 Å². The number of carbonyl (C=O) groups excluding carboxylic acids is 3. The highest BCUT2D eigenvalue weighted by Crippen LogP contribution is 2.70. The molecule has 0 radical (unpaired) electrons. The van der Waals surface area contributed by atoms with Crippen LogP contribution in [0.5, 0.6) is 0 Å². The number of rotatable bonds is 6. The molecule has 4 saturated carbocycles. The molecule has 5 aliphatic carbocycles. The standard InChI is InChI=1S/C35H50O7/c1-7-19(2)31(39)40-18-28(38)35-29(41-32(42-35)23-11-9-8-10-20(23)3)15-25-24-13-12-22-14-26(36)21(4)16-33(22,5)30(24)27(37)17-34(25,35)6/h14,16,19-20,23-25,27,29-30,32,37H,7-13,15,17-18H2,1-6H3/t19?,20?,23?,24-,25-,27-,29+,30+,32+,33-,34-,35+/m0/s1/i12D2,19D. The number of allylic oxidation sites excluding steroid dienone is 4. The van der Waals surface area contributed by atoms with Gasteiger partial charge < -0.3 is 19.3 Å². The van der Waals surface area contributed by atoms with Gasteiger partial charge in [0.25, 0.3) is 0 Å². The Kier molecular flexibility index (Phi) is 6.74. The SMILES string of the molecule is [2H]C1([2H])C[C@@H]2[C@H]([C@@H](O)C[C@@]3(C)[C@H]2C[C@H]2O[C@@H](C4CCCCC4C)O[C@]23C(=O)COC(=O)C([2H])(C)CC)[C@@]2(C)C=C(C)C(=O)C=C12. The summed E-state index contributed by atoms with van der Waals surface area (Å²) in [5.74, 6) is -3.31. The van der Waals surface area contributed by atoms with Crippen LogP contribution in [-0.4, -0.2) is 53.3 Å². The molecule has 3 unspecified atom stereocenters. The number of aliphatic hydroxyl groups excluding tert-OH is 1. The first-order chi connectivity index (χ1) is 20.9. The molecule has 7 nitrogen and oxygen atoms in total. The number of Topliss-reactive ketones (excluding diaryl/α,β-unsaturated/α-hetero) is 1. The van der Waals surface area contributed by atoms with Crippen molar-refractivity contribution in [2.75, 3.05) is 6.61 Å². The van der Waals surface area contributed by atoms with Crippen LogP contribution in [0.25, 0.3) is 0 Å². The van der Waals surface area contributed by atoms with Crippen LogP contribution in [0.1, 0.15) is 103 Å². The van der Waals surface area contributed by atoms with Crippen molar-refractivity contribution in [3.8, 4) is 0 Å². The minimum Gasteiger partial charge on any atom is -0.457 e. The van der Waals surface area contributed by atoms with Crippen LogP contribution < -0.4 is 0 Å². The maximum atomic E-state index is 14.5. The minimum atomic E-state index is -1.79. The summed E-state index contributed by atoms with van der Waals surface area (Å²) in [4.78, 5) is 40.0. The Hall–Kier alpha value is -1.83. The molecule has 6 rings (SSSR count). The summed E-state index contributed by atoms with van der Waals surface area (Å²) >= 11 is 0. The second kappa shape index (κ2) is 10.7. The molecule has 0 spiro atoms. The van der Waals surface area contributed by atoms with Crippen LogP contribution in [-0.2, 0) is 28.6 Å². The van der Waals surface area contributed by atoms with E-state index in [1.54, 1.807) is 13.8 Å². The maximum Gasteiger partial charge on any atom is 0.309 e.